The maximum Gasteiger partial charge on any atom is 0.308 e. The minimum atomic E-state index is -0.800. The molecule has 21 heavy (non-hydrogen) atoms. The molecule has 0 saturated heterocycles. The van der Waals surface area contributed by atoms with Crippen molar-refractivity contribution in [2.24, 2.45) is 11.8 Å². The summed E-state index contributed by atoms with van der Waals surface area (Å²) < 4.78 is 5.49. The number of aromatic nitrogens is 2. The summed E-state index contributed by atoms with van der Waals surface area (Å²) in [7, 11) is 0. The number of carbonyl (C=O) groups is 1. The molecule has 6 nitrogen and oxygen atoms in total. The van der Waals surface area contributed by atoms with Gasteiger partial charge >= 0.3 is 5.97 Å². The number of hydrogen-bond donors (Lipinski definition) is 2. The van der Waals surface area contributed by atoms with Crippen molar-refractivity contribution >= 4 is 11.9 Å². The second-order valence-electron chi connectivity index (χ2n) is 5.57. The monoisotopic (exact) mass is 295 g/mol. The van der Waals surface area contributed by atoms with Gasteiger partial charge in [0.25, 0.3) is 0 Å². The normalized spacial score (nSPS) is 12.2. The molecule has 2 N–H and O–H groups in total. The minimum Gasteiger partial charge on any atom is -0.481 e. The first-order chi connectivity index (χ1) is 9.92. The number of aliphatic carboxylic acids is 1. The Kier molecular flexibility index (Phi) is 6.91. The molecule has 118 valence electrons. The van der Waals surface area contributed by atoms with Crippen molar-refractivity contribution in [1.29, 1.82) is 0 Å². The van der Waals surface area contributed by atoms with E-state index in [9.17, 15) is 9.90 Å². The molecule has 0 radical (unpaired) electrons. The predicted molar refractivity (Wildman–Crippen MR) is 81.6 cm³/mol. The largest absolute Gasteiger partial charge is 0.481 e. The van der Waals surface area contributed by atoms with E-state index in [0.29, 0.717) is 37.3 Å². The van der Waals surface area contributed by atoms with E-state index < -0.39 is 11.9 Å². The Hall–Kier alpha value is -1.85. The molecular weight excluding hydrogens is 270 g/mol. The lowest BCUT2D eigenvalue weighted by Crippen LogP contribution is -2.25. The van der Waals surface area contributed by atoms with Gasteiger partial charge in [-0.3, -0.25) is 4.79 Å². The standard InChI is InChI=1S/C15H25N3O3/c1-5-6-21-13-8-11(4)17-15(18-13)16-9-12(14(19)20)7-10(2)3/h8,10,12H,5-7,9H2,1-4H3,(H,19,20)(H,16,17,18). The Balaban J connectivity index is 2.68. The number of nitrogens with zero attached hydrogens (tertiary/aromatic N) is 2. The highest BCUT2D eigenvalue weighted by atomic mass is 16.5. The van der Waals surface area contributed by atoms with Crippen LogP contribution in [0.3, 0.4) is 0 Å². The summed E-state index contributed by atoms with van der Waals surface area (Å²) in [5.74, 6) is 0.00824. The summed E-state index contributed by atoms with van der Waals surface area (Å²) in [6, 6.07) is 1.77. The lowest BCUT2D eigenvalue weighted by Gasteiger charge is -2.16. The fraction of sp³-hybridized carbons (Fsp3) is 0.667. The van der Waals surface area contributed by atoms with Gasteiger partial charge in [-0.25, -0.2) is 4.98 Å². The minimum absolute atomic E-state index is 0.310. The lowest BCUT2D eigenvalue weighted by atomic mass is 9.97. The third-order valence-corrected chi connectivity index (χ3v) is 2.90. The van der Waals surface area contributed by atoms with Crippen molar-refractivity contribution < 1.29 is 14.6 Å². The first-order valence-corrected chi connectivity index (χ1v) is 7.37. The highest BCUT2D eigenvalue weighted by Gasteiger charge is 2.19. The first kappa shape index (κ1) is 17.2. The quantitative estimate of drug-likeness (QED) is 0.728. The molecule has 0 aliphatic heterocycles. The summed E-state index contributed by atoms with van der Waals surface area (Å²) >= 11 is 0. The van der Waals surface area contributed by atoms with Gasteiger partial charge in [-0.2, -0.15) is 4.98 Å². The van der Waals surface area contributed by atoms with E-state index in [0.717, 1.165) is 12.1 Å². The number of ether oxygens (including phenoxy) is 1. The lowest BCUT2D eigenvalue weighted by molar-refractivity contribution is -0.141. The van der Waals surface area contributed by atoms with Crippen LogP contribution < -0.4 is 10.1 Å². The average molecular weight is 295 g/mol. The molecule has 1 aromatic heterocycles. The van der Waals surface area contributed by atoms with Gasteiger partial charge in [-0.15, -0.1) is 0 Å². The topological polar surface area (TPSA) is 84.3 Å². The van der Waals surface area contributed by atoms with Crippen LogP contribution in [0, 0.1) is 18.8 Å². The van der Waals surface area contributed by atoms with Crippen LogP contribution in [0.4, 0.5) is 5.95 Å². The van der Waals surface area contributed by atoms with Crippen LogP contribution in [0.1, 0.15) is 39.3 Å². The molecule has 0 spiro atoms. The van der Waals surface area contributed by atoms with E-state index in [2.05, 4.69) is 15.3 Å². The molecule has 1 aromatic rings. The molecule has 1 heterocycles. The van der Waals surface area contributed by atoms with Crippen LogP contribution in [0.25, 0.3) is 0 Å². The summed E-state index contributed by atoms with van der Waals surface area (Å²) in [5, 5.41) is 12.2. The van der Waals surface area contributed by atoms with Gasteiger partial charge in [-0.1, -0.05) is 20.8 Å². The Morgan fingerprint density at radius 2 is 2.14 bits per heavy atom. The van der Waals surface area contributed by atoms with Crippen LogP contribution in [0.5, 0.6) is 5.88 Å². The Bertz CT molecular complexity index is 463. The molecule has 1 atom stereocenters. The zero-order valence-electron chi connectivity index (χ0n) is 13.2. The van der Waals surface area contributed by atoms with E-state index in [1.807, 2.05) is 27.7 Å². The van der Waals surface area contributed by atoms with E-state index in [4.69, 9.17) is 4.74 Å². The van der Waals surface area contributed by atoms with Crippen molar-refractivity contribution in [3.05, 3.63) is 11.8 Å². The zero-order chi connectivity index (χ0) is 15.8. The summed E-state index contributed by atoms with van der Waals surface area (Å²) in [5.41, 5.74) is 0.786. The number of hydrogen-bond acceptors (Lipinski definition) is 5. The summed E-state index contributed by atoms with van der Waals surface area (Å²) in [6.07, 6.45) is 1.52. The molecule has 1 rings (SSSR count). The number of rotatable bonds is 9. The molecule has 0 amide bonds. The highest BCUT2D eigenvalue weighted by molar-refractivity contribution is 5.70. The number of carboxylic acids is 1. The number of nitrogens with one attached hydrogen (secondary N) is 1. The third kappa shape index (κ3) is 6.42. The van der Waals surface area contributed by atoms with E-state index in [1.165, 1.54) is 0 Å². The Morgan fingerprint density at radius 3 is 2.71 bits per heavy atom. The van der Waals surface area contributed by atoms with Crippen LogP contribution in [-0.4, -0.2) is 34.2 Å². The number of aryl methyl sites for hydroxylation is 1. The van der Waals surface area contributed by atoms with Gasteiger partial charge in [0.1, 0.15) is 0 Å². The third-order valence-electron chi connectivity index (χ3n) is 2.90. The van der Waals surface area contributed by atoms with Gasteiger partial charge in [0.15, 0.2) is 0 Å². The maximum absolute atomic E-state index is 11.2. The van der Waals surface area contributed by atoms with Gasteiger partial charge in [0, 0.05) is 18.3 Å². The fourth-order valence-corrected chi connectivity index (χ4v) is 1.95. The predicted octanol–water partition coefficient (Wildman–Crippen LogP) is 2.73. The second kappa shape index (κ2) is 8.44. The van der Waals surface area contributed by atoms with Crippen LogP contribution >= 0.6 is 0 Å². The van der Waals surface area contributed by atoms with Crippen molar-refractivity contribution in [1.82, 2.24) is 9.97 Å². The SMILES string of the molecule is CCCOc1cc(C)nc(NCC(CC(C)C)C(=O)O)n1. The highest BCUT2D eigenvalue weighted by Crippen LogP contribution is 2.15. The average Bonchev–Trinajstić information content (AvgIpc) is 2.40. The van der Waals surface area contributed by atoms with E-state index >= 15 is 0 Å². The number of anilines is 1. The van der Waals surface area contributed by atoms with Crippen LogP contribution in [0.2, 0.25) is 0 Å². The molecule has 0 saturated carbocycles. The molecule has 1 unspecified atom stereocenters. The summed E-state index contributed by atoms with van der Waals surface area (Å²) in [6.45, 7) is 8.81. The number of carboxylic acid groups (broad SMARTS) is 1. The molecule has 0 aromatic carbocycles. The first-order valence-electron chi connectivity index (χ1n) is 7.37. The Morgan fingerprint density at radius 1 is 1.43 bits per heavy atom. The Labute approximate surface area is 126 Å². The van der Waals surface area contributed by atoms with Crippen LogP contribution in [-0.2, 0) is 4.79 Å². The van der Waals surface area contributed by atoms with Crippen molar-refractivity contribution in [2.45, 2.75) is 40.5 Å². The molecule has 6 heteroatoms. The zero-order valence-corrected chi connectivity index (χ0v) is 13.2. The van der Waals surface area contributed by atoms with Crippen molar-refractivity contribution in [3.63, 3.8) is 0 Å². The van der Waals surface area contributed by atoms with Gasteiger partial charge in [0.2, 0.25) is 11.8 Å². The van der Waals surface area contributed by atoms with Crippen LogP contribution in [0.15, 0.2) is 6.07 Å². The van der Waals surface area contributed by atoms with Gasteiger partial charge in [0.05, 0.1) is 12.5 Å². The van der Waals surface area contributed by atoms with E-state index in [-0.39, 0.29) is 0 Å². The second-order valence-corrected chi connectivity index (χ2v) is 5.57. The maximum atomic E-state index is 11.2. The van der Waals surface area contributed by atoms with E-state index in [1.54, 1.807) is 6.07 Å². The molecule has 0 aliphatic rings. The molecule has 0 aliphatic carbocycles. The van der Waals surface area contributed by atoms with Gasteiger partial charge < -0.3 is 15.2 Å². The fourth-order valence-electron chi connectivity index (χ4n) is 1.95. The smallest absolute Gasteiger partial charge is 0.308 e. The van der Waals surface area contributed by atoms with Crippen molar-refractivity contribution in [2.75, 3.05) is 18.5 Å². The van der Waals surface area contributed by atoms with Crippen molar-refractivity contribution in [3.8, 4) is 5.88 Å². The summed E-state index contributed by atoms with van der Waals surface area (Å²) in [4.78, 5) is 19.7. The molecular formula is C15H25N3O3. The molecule has 0 fully saturated rings. The van der Waals surface area contributed by atoms with Gasteiger partial charge in [-0.05, 0) is 25.7 Å². The molecule has 0 bridgehead atoms.